The first-order valence-electron chi connectivity index (χ1n) is 0.928. The SMILES string of the molecule is O=[C]=[Fe+].O=[C]=[Fe+].[Mo].[S-][S-]. The molecule has 0 radical (unpaired) electrons. The summed E-state index contributed by atoms with van der Waals surface area (Å²) in [6, 6.07) is 0. The molecular weight excluding hydrogens is 328 g/mol. The van der Waals surface area contributed by atoms with Crippen LogP contribution in [0.25, 0.3) is 0 Å². The molecule has 0 saturated heterocycles. The third-order valence-corrected chi connectivity index (χ3v) is 0. The van der Waals surface area contributed by atoms with Gasteiger partial charge in [0.2, 0.25) is 0 Å². The number of carbonyl (C=O) groups excluding carboxylic acids is 2. The Labute approximate surface area is 93.7 Å². The molecule has 0 unspecified atom stereocenters. The van der Waals surface area contributed by atoms with E-state index < -0.39 is 0 Å². The van der Waals surface area contributed by atoms with Gasteiger partial charge in [0.25, 0.3) is 0 Å². The quantitative estimate of drug-likeness (QED) is 0.331. The van der Waals surface area contributed by atoms with Crippen LogP contribution < -0.4 is 0 Å². The zero-order valence-electron chi connectivity index (χ0n) is 3.75. The molecule has 0 saturated carbocycles. The van der Waals surface area contributed by atoms with Crippen LogP contribution in [-0.4, -0.2) is 9.57 Å². The zero-order chi connectivity index (χ0) is 7.41. The molecule has 0 aromatic heterocycles. The molecule has 0 bridgehead atoms. The summed E-state index contributed by atoms with van der Waals surface area (Å²) in [5.41, 5.74) is 0. The summed E-state index contributed by atoms with van der Waals surface area (Å²) in [5.74, 6) is 0. The average Bonchev–Trinajstić information content (AvgIpc) is 1.75. The van der Waals surface area contributed by atoms with Crippen LogP contribution in [0.4, 0.5) is 0 Å². The van der Waals surface area contributed by atoms with Gasteiger partial charge in [0.15, 0.2) is 0 Å². The first kappa shape index (κ1) is 22.4. The van der Waals surface area contributed by atoms with E-state index in [1.54, 1.807) is 0 Å². The summed E-state index contributed by atoms with van der Waals surface area (Å²) < 4.78 is 0. The second-order valence-corrected chi connectivity index (χ2v) is 0.595. The van der Waals surface area contributed by atoms with E-state index >= 15 is 0 Å². The smallest absolute Gasteiger partial charge is 0 e. The average molecular weight is 328 g/mol. The van der Waals surface area contributed by atoms with Gasteiger partial charge in [0.05, 0.1) is 0 Å². The summed E-state index contributed by atoms with van der Waals surface area (Å²) in [6.07, 6.45) is 0. The number of hydrogen-bond acceptors (Lipinski definition) is 4. The Morgan fingerprint density at radius 3 is 1.00 bits per heavy atom. The molecule has 0 aliphatic rings. The van der Waals surface area contributed by atoms with Gasteiger partial charge in [-0.05, 0) is 0 Å². The van der Waals surface area contributed by atoms with Gasteiger partial charge in [0, 0.05) is 21.1 Å². The van der Waals surface area contributed by atoms with Crippen LogP contribution in [0.5, 0.6) is 0 Å². The second kappa shape index (κ2) is 54.9. The van der Waals surface area contributed by atoms with Crippen molar-refractivity contribution in [2.75, 3.05) is 0 Å². The molecule has 0 fully saturated rings. The molecule has 9 heavy (non-hydrogen) atoms. The molecule has 7 heteroatoms. The molecule has 0 aliphatic heterocycles. The molecule has 0 heterocycles. The van der Waals surface area contributed by atoms with Crippen LogP contribution in [0.15, 0.2) is 0 Å². The van der Waals surface area contributed by atoms with Gasteiger partial charge in [-0.15, -0.1) is 0 Å². The first-order valence-corrected chi connectivity index (χ1v) is 3.37. The molecule has 0 atom stereocenters. The van der Waals surface area contributed by atoms with Crippen LogP contribution in [0.3, 0.4) is 0 Å². The van der Waals surface area contributed by atoms with Crippen LogP contribution >= 0.6 is 0 Å². The summed E-state index contributed by atoms with van der Waals surface area (Å²) in [6.45, 7) is 0. The van der Waals surface area contributed by atoms with E-state index in [-0.39, 0.29) is 21.1 Å². The van der Waals surface area contributed by atoms with E-state index in [0.717, 1.165) is 0 Å². The fraction of sp³-hybridized carbons (Fsp3) is 0. The minimum atomic E-state index is 0. The van der Waals surface area contributed by atoms with Gasteiger partial charge in [-0.1, -0.05) is 0 Å². The molecule has 54 valence electrons. The Bertz CT molecular complexity index is 74.6. The summed E-state index contributed by atoms with van der Waals surface area (Å²) >= 11 is 12.7. The zero-order valence-corrected chi connectivity index (χ0v) is 9.60. The van der Waals surface area contributed by atoms with Crippen molar-refractivity contribution >= 4 is 32.9 Å². The predicted octanol–water partition coefficient (Wildman–Crippen LogP) is -0.806. The van der Waals surface area contributed by atoms with E-state index in [1.807, 2.05) is 0 Å². The molecule has 0 N–H and O–H groups in total. The standard InChI is InChI=1S/2CO.2Fe.Mo.S2/c2*1-2;;;;1-2/q;;2*+1;;-2. The maximum absolute atomic E-state index is 8.57. The predicted molar refractivity (Wildman–Crippen MR) is 26.1 cm³/mol. The summed E-state index contributed by atoms with van der Waals surface area (Å²) in [5, 5.41) is 0. The Morgan fingerprint density at radius 2 is 1.00 bits per heavy atom. The third kappa shape index (κ3) is 219. The summed E-state index contributed by atoms with van der Waals surface area (Å²) in [4.78, 5) is 19.6. The fourth-order valence-electron chi connectivity index (χ4n) is 0. The van der Waals surface area contributed by atoms with Crippen LogP contribution in [-0.2, 0) is 85.1 Å². The van der Waals surface area contributed by atoms with Crippen molar-refractivity contribution in [1.29, 1.82) is 0 Å². The number of rotatable bonds is 0. The van der Waals surface area contributed by atoms with Crippen molar-refractivity contribution in [2.45, 2.75) is 0 Å². The first-order chi connectivity index (χ1) is 3.83. The van der Waals surface area contributed by atoms with E-state index in [1.165, 1.54) is 9.57 Å². The normalized spacial score (nSPS) is 2.44. The van der Waals surface area contributed by atoms with Crippen LogP contribution in [0.1, 0.15) is 0 Å². The van der Waals surface area contributed by atoms with Gasteiger partial charge in [-0.3, -0.25) is 0 Å². The maximum atomic E-state index is 8.57. The minimum Gasteiger partial charge on any atom is -1.00 e. The molecular formula is C2Fe2MoO2S2. The molecule has 2 nitrogen and oxygen atoms in total. The third-order valence-electron chi connectivity index (χ3n) is 0. The Morgan fingerprint density at radius 1 is 1.00 bits per heavy atom. The molecule has 0 amide bonds. The van der Waals surface area contributed by atoms with Crippen molar-refractivity contribution in [2.24, 2.45) is 0 Å². The second-order valence-electron chi connectivity index (χ2n) is 0.144. The fourth-order valence-corrected chi connectivity index (χ4v) is 0. The molecule has 0 spiro atoms. The van der Waals surface area contributed by atoms with Gasteiger partial charge in [-0.2, -0.15) is 0 Å². The van der Waals surface area contributed by atoms with Gasteiger partial charge in [0.1, 0.15) is 0 Å². The van der Waals surface area contributed by atoms with E-state index in [4.69, 9.17) is 9.59 Å². The van der Waals surface area contributed by atoms with Crippen LogP contribution in [0, 0.1) is 0 Å². The Kier molecular flexibility index (Phi) is 137. The monoisotopic (exact) mass is 330 g/mol. The molecule has 0 aromatic rings. The van der Waals surface area contributed by atoms with Crippen LogP contribution in [0.2, 0.25) is 0 Å². The minimum absolute atomic E-state index is 0. The van der Waals surface area contributed by atoms with E-state index in [0.29, 0.717) is 0 Å². The maximum Gasteiger partial charge on any atom is 0 e. The van der Waals surface area contributed by atoms with Gasteiger partial charge < -0.3 is 23.3 Å². The van der Waals surface area contributed by atoms with Crippen molar-refractivity contribution in [3.8, 4) is 0 Å². The largest absolute Gasteiger partial charge is 1.00 e. The Hall–Kier alpha value is 1.59. The van der Waals surface area contributed by atoms with E-state index in [9.17, 15) is 0 Å². The molecule has 0 aliphatic carbocycles. The van der Waals surface area contributed by atoms with Crippen molar-refractivity contribution in [1.82, 2.24) is 0 Å². The van der Waals surface area contributed by atoms with E-state index in [2.05, 4.69) is 54.5 Å². The van der Waals surface area contributed by atoms with Gasteiger partial charge in [-0.25, -0.2) is 0 Å². The van der Waals surface area contributed by atoms with Crippen molar-refractivity contribution in [3.63, 3.8) is 0 Å². The van der Waals surface area contributed by atoms with Crippen molar-refractivity contribution in [3.05, 3.63) is 0 Å². The summed E-state index contributed by atoms with van der Waals surface area (Å²) in [7, 11) is 0. The topological polar surface area (TPSA) is 34.1 Å². The van der Waals surface area contributed by atoms with Gasteiger partial charge >= 0.3 is 50.3 Å². The van der Waals surface area contributed by atoms with Crippen molar-refractivity contribution < 1.29 is 61.8 Å². The Balaban J connectivity index is -0.0000000202. The number of hydrogen-bond donors (Lipinski definition) is 0. The molecule has 0 aromatic carbocycles. The molecule has 0 rings (SSSR count).